The van der Waals surface area contributed by atoms with Crippen molar-refractivity contribution in [3.63, 3.8) is 0 Å². The number of aromatic nitrogens is 1. The van der Waals surface area contributed by atoms with E-state index in [4.69, 9.17) is 18.0 Å². The molecule has 2 aromatic rings. The first-order chi connectivity index (χ1) is 9.86. The number of sulfonamides is 1. The van der Waals surface area contributed by atoms with Crippen LogP contribution in [-0.4, -0.2) is 24.4 Å². The van der Waals surface area contributed by atoms with Crippen molar-refractivity contribution >= 4 is 38.1 Å². The largest absolute Gasteiger partial charge is 0.392 e. The Kier molecular flexibility index (Phi) is 4.55. The van der Waals surface area contributed by atoms with Crippen LogP contribution in [0.15, 0.2) is 35.4 Å². The van der Waals surface area contributed by atoms with E-state index >= 15 is 0 Å². The topological polar surface area (TPSA) is 85.1 Å². The van der Waals surface area contributed by atoms with Crippen LogP contribution in [0.25, 0.3) is 10.9 Å². The average Bonchev–Trinajstić information content (AvgIpc) is 2.45. The predicted molar refractivity (Wildman–Crippen MR) is 87.7 cm³/mol. The van der Waals surface area contributed by atoms with E-state index in [1.54, 1.807) is 30.5 Å². The molecule has 0 aliphatic heterocycles. The normalized spacial score (nSPS) is 13.2. The van der Waals surface area contributed by atoms with Gasteiger partial charge >= 0.3 is 0 Å². The minimum Gasteiger partial charge on any atom is -0.392 e. The summed E-state index contributed by atoms with van der Waals surface area (Å²) in [6, 6.07) is 6.22. The summed E-state index contributed by atoms with van der Waals surface area (Å²) in [6.45, 7) is 3.71. The van der Waals surface area contributed by atoms with E-state index in [0.29, 0.717) is 17.3 Å². The van der Waals surface area contributed by atoms with Crippen molar-refractivity contribution in [2.45, 2.75) is 31.2 Å². The number of benzene rings is 1. The molecule has 0 saturated heterocycles. The van der Waals surface area contributed by atoms with Gasteiger partial charge in [-0.05, 0) is 37.1 Å². The van der Waals surface area contributed by atoms with E-state index in [0.717, 1.165) is 5.56 Å². The molecule has 1 atom stereocenters. The number of nitrogens with one attached hydrogen (secondary N) is 1. The monoisotopic (exact) mass is 323 g/mol. The second-order valence-electron chi connectivity index (χ2n) is 4.76. The van der Waals surface area contributed by atoms with Crippen LogP contribution in [0.2, 0.25) is 0 Å². The van der Waals surface area contributed by atoms with Crippen LogP contribution in [0, 0.1) is 6.92 Å². The summed E-state index contributed by atoms with van der Waals surface area (Å²) in [5.74, 6) is 0. The number of hydrogen-bond acceptors (Lipinski definition) is 4. The van der Waals surface area contributed by atoms with E-state index in [2.05, 4.69) is 9.71 Å². The highest BCUT2D eigenvalue weighted by Crippen LogP contribution is 2.24. The third-order valence-corrected chi connectivity index (χ3v) is 5.08. The Bertz CT molecular complexity index is 788. The van der Waals surface area contributed by atoms with Gasteiger partial charge in [0, 0.05) is 11.6 Å². The zero-order chi connectivity index (χ0) is 15.6. The van der Waals surface area contributed by atoms with Crippen LogP contribution in [0.4, 0.5) is 0 Å². The Labute approximate surface area is 129 Å². The molecular formula is C14H17N3O2S2. The standard InChI is InChI=1S/C14H17N3O2S2/c1-3-11(14(15)20)17-21(18,19)12-7-6-9(2)13-10(12)5-4-8-16-13/h4-8,11,17H,3H2,1-2H3,(H2,15,20). The number of aryl methyl sites for hydroxylation is 1. The van der Waals surface area contributed by atoms with E-state index in [1.165, 1.54) is 0 Å². The fraction of sp³-hybridized carbons (Fsp3) is 0.286. The lowest BCUT2D eigenvalue weighted by molar-refractivity contribution is 0.573. The fourth-order valence-corrected chi connectivity index (χ4v) is 3.91. The maximum absolute atomic E-state index is 12.6. The smallest absolute Gasteiger partial charge is 0.241 e. The lowest BCUT2D eigenvalue weighted by atomic mass is 10.1. The van der Waals surface area contributed by atoms with Crippen LogP contribution >= 0.6 is 12.2 Å². The molecule has 0 aliphatic rings. The van der Waals surface area contributed by atoms with E-state index < -0.39 is 16.1 Å². The van der Waals surface area contributed by atoms with Crippen LogP contribution in [0.3, 0.4) is 0 Å². The summed E-state index contributed by atoms with van der Waals surface area (Å²) in [4.78, 5) is 4.57. The quantitative estimate of drug-likeness (QED) is 0.821. The first-order valence-electron chi connectivity index (χ1n) is 6.52. The third-order valence-electron chi connectivity index (χ3n) is 3.27. The second-order valence-corrected chi connectivity index (χ2v) is 6.92. The van der Waals surface area contributed by atoms with Gasteiger partial charge < -0.3 is 5.73 Å². The van der Waals surface area contributed by atoms with Crippen LogP contribution in [0.1, 0.15) is 18.9 Å². The lowest BCUT2D eigenvalue weighted by Crippen LogP contribution is -2.42. The number of pyridine rings is 1. The molecule has 0 amide bonds. The van der Waals surface area contributed by atoms with Crippen molar-refractivity contribution in [2.24, 2.45) is 5.73 Å². The molecule has 0 aliphatic carbocycles. The van der Waals surface area contributed by atoms with Crippen molar-refractivity contribution in [1.29, 1.82) is 0 Å². The maximum atomic E-state index is 12.6. The molecule has 21 heavy (non-hydrogen) atoms. The number of hydrogen-bond donors (Lipinski definition) is 2. The summed E-state index contributed by atoms with van der Waals surface area (Å²) in [7, 11) is -3.72. The number of fused-ring (bicyclic) bond motifs is 1. The van der Waals surface area contributed by atoms with Crippen LogP contribution < -0.4 is 10.5 Å². The Hall–Kier alpha value is -1.57. The van der Waals surface area contributed by atoms with Crippen molar-refractivity contribution in [2.75, 3.05) is 0 Å². The highest BCUT2D eigenvalue weighted by atomic mass is 32.2. The Balaban J connectivity index is 2.56. The van der Waals surface area contributed by atoms with Gasteiger partial charge in [-0.1, -0.05) is 25.2 Å². The van der Waals surface area contributed by atoms with Crippen molar-refractivity contribution in [1.82, 2.24) is 9.71 Å². The molecule has 1 heterocycles. The van der Waals surface area contributed by atoms with Gasteiger partial charge in [-0.15, -0.1) is 0 Å². The SMILES string of the molecule is CCC(NS(=O)(=O)c1ccc(C)c2ncccc12)C(N)=S. The third kappa shape index (κ3) is 3.20. The molecule has 0 spiro atoms. The molecule has 0 saturated carbocycles. The second kappa shape index (κ2) is 6.05. The number of thiocarbonyl (C=S) groups is 1. The molecule has 0 fully saturated rings. The molecule has 2 rings (SSSR count). The number of nitrogens with zero attached hydrogens (tertiary/aromatic N) is 1. The summed E-state index contributed by atoms with van der Waals surface area (Å²) < 4.78 is 27.7. The van der Waals surface area contributed by atoms with Crippen molar-refractivity contribution in [3.8, 4) is 0 Å². The van der Waals surface area contributed by atoms with Gasteiger partial charge in [0.15, 0.2) is 0 Å². The summed E-state index contributed by atoms with van der Waals surface area (Å²) in [5.41, 5.74) is 7.15. The number of nitrogens with two attached hydrogens (primary N) is 1. The minimum absolute atomic E-state index is 0.135. The van der Waals surface area contributed by atoms with Crippen LogP contribution in [-0.2, 0) is 10.0 Å². The zero-order valence-corrected chi connectivity index (χ0v) is 13.5. The predicted octanol–water partition coefficient (Wildman–Crippen LogP) is 1.89. The molecule has 5 nitrogen and oxygen atoms in total. The van der Waals surface area contributed by atoms with Gasteiger partial charge in [0.2, 0.25) is 10.0 Å². The maximum Gasteiger partial charge on any atom is 0.241 e. The Morgan fingerprint density at radius 2 is 2.14 bits per heavy atom. The molecule has 112 valence electrons. The van der Waals surface area contributed by atoms with E-state index in [9.17, 15) is 8.42 Å². The van der Waals surface area contributed by atoms with Crippen molar-refractivity contribution in [3.05, 3.63) is 36.0 Å². The van der Waals surface area contributed by atoms with Crippen LogP contribution in [0.5, 0.6) is 0 Å². The van der Waals surface area contributed by atoms with Gasteiger partial charge in [0.1, 0.15) is 0 Å². The van der Waals surface area contributed by atoms with Gasteiger partial charge in [0.05, 0.1) is 21.4 Å². The molecule has 3 N–H and O–H groups in total. The van der Waals surface area contributed by atoms with Gasteiger partial charge in [-0.2, -0.15) is 0 Å². The van der Waals surface area contributed by atoms with E-state index in [1.807, 2.05) is 13.8 Å². The first-order valence-corrected chi connectivity index (χ1v) is 8.42. The zero-order valence-electron chi connectivity index (χ0n) is 11.8. The van der Waals surface area contributed by atoms with Gasteiger partial charge in [0.25, 0.3) is 0 Å². The summed E-state index contributed by atoms with van der Waals surface area (Å²) in [5, 5.41) is 0.586. The average molecular weight is 323 g/mol. The molecule has 1 aromatic heterocycles. The molecule has 1 unspecified atom stereocenters. The summed E-state index contributed by atoms with van der Waals surface area (Å²) in [6.07, 6.45) is 2.14. The number of rotatable bonds is 5. The Morgan fingerprint density at radius 1 is 1.43 bits per heavy atom. The highest BCUT2D eigenvalue weighted by molar-refractivity contribution is 7.90. The minimum atomic E-state index is -3.72. The van der Waals surface area contributed by atoms with Gasteiger partial charge in [-0.3, -0.25) is 4.98 Å². The van der Waals surface area contributed by atoms with Gasteiger partial charge in [-0.25, -0.2) is 13.1 Å². The highest BCUT2D eigenvalue weighted by Gasteiger charge is 2.23. The first kappa shape index (κ1) is 15.8. The summed E-state index contributed by atoms with van der Waals surface area (Å²) >= 11 is 4.89. The lowest BCUT2D eigenvalue weighted by Gasteiger charge is -2.16. The molecular weight excluding hydrogens is 306 g/mol. The van der Waals surface area contributed by atoms with E-state index in [-0.39, 0.29) is 9.88 Å². The molecule has 0 bridgehead atoms. The molecule has 1 aromatic carbocycles. The van der Waals surface area contributed by atoms with Crippen molar-refractivity contribution < 1.29 is 8.42 Å². The molecule has 7 heteroatoms. The fourth-order valence-electron chi connectivity index (χ4n) is 2.12. The molecule has 0 radical (unpaired) electrons. The Morgan fingerprint density at radius 3 is 2.76 bits per heavy atom.